The number of nitrogens with zero attached hydrogens (tertiary/aromatic N) is 4. The largest absolute Gasteiger partial charge is 0.451 e. The molecule has 0 saturated carbocycles. The topological polar surface area (TPSA) is 63.6 Å². The Balaban J connectivity index is 1.43. The van der Waals surface area contributed by atoms with Crippen molar-refractivity contribution in [3.63, 3.8) is 0 Å². The lowest BCUT2D eigenvalue weighted by molar-refractivity contribution is -0.137. The van der Waals surface area contributed by atoms with Gasteiger partial charge in [0.05, 0.1) is 11.6 Å². The number of benzene rings is 1. The van der Waals surface area contributed by atoms with Crippen molar-refractivity contribution in [2.75, 3.05) is 6.54 Å². The van der Waals surface area contributed by atoms with Crippen molar-refractivity contribution in [1.82, 2.24) is 19.5 Å². The molecule has 1 aliphatic heterocycles. The number of fused-ring (bicyclic) bond motifs is 1. The summed E-state index contributed by atoms with van der Waals surface area (Å²) in [5.41, 5.74) is 0.185. The van der Waals surface area contributed by atoms with E-state index in [1.165, 1.54) is 24.3 Å². The highest BCUT2D eigenvalue weighted by Gasteiger charge is 2.35. The van der Waals surface area contributed by atoms with E-state index in [0.717, 1.165) is 25.0 Å². The van der Waals surface area contributed by atoms with Crippen LogP contribution in [0.5, 0.6) is 0 Å². The monoisotopic (exact) mass is 426 g/mol. The summed E-state index contributed by atoms with van der Waals surface area (Å²) < 4.78 is 46.5. The third-order valence-corrected chi connectivity index (χ3v) is 5.44. The lowest BCUT2D eigenvalue weighted by atomic mass is 10.1. The SMILES string of the molecule is O=C(c1ccc(-c2cccc(C(F)(F)F)c2)o1)N1CCC[C@@H]1c1nnc2ccccn12. The van der Waals surface area contributed by atoms with E-state index in [1.807, 2.05) is 28.8 Å². The molecule has 0 bridgehead atoms. The van der Waals surface area contributed by atoms with E-state index < -0.39 is 11.7 Å². The van der Waals surface area contributed by atoms with Gasteiger partial charge in [-0.1, -0.05) is 18.2 Å². The summed E-state index contributed by atoms with van der Waals surface area (Å²) in [4.78, 5) is 14.8. The highest BCUT2D eigenvalue weighted by molar-refractivity contribution is 5.92. The van der Waals surface area contributed by atoms with Crippen LogP contribution in [0, 0.1) is 0 Å². The van der Waals surface area contributed by atoms with Crippen molar-refractivity contribution in [3.8, 4) is 11.3 Å². The molecule has 4 heterocycles. The maximum atomic E-state index is 13.2. The van der Waals surface area contributed by atoms with E-state index >= 15 is 0 Å². The fourth-order valence-corrected chi connectivity index (χ4v) is 3.96. The Morgan fingerprint density at radius 2 is 1.94 bits per heavy atom. The molecule has 1 amide bonds. The number of rotatable bonds is 3. The molecule has 0 N–H and O–H groups in total. The zero-order valence-corrected chi connectivity index (χ0v) is 16.2. The molecule has 1 atom stereocenters. The zero-order valence-electron chi connectivity index (χ0n) is 16.2. The van der Waals surface area contributed by atoms with Gasteiger partial charge in [-0.05, 0) is 49.2 Å². The third kappa shape index (κ3) is 3.45. The number of alkyl halides is 3. The van der Waals surface area contributed by atoms with Crippen molar-refractivity contribution in [2.24, 2.45) is 0 Å². The normalized spacial score (nSPS) is 16.9. The number of carbonyl (C=O) groups excluding carboxylic acids is 1. The highest BCUT2D eigenvalue weighted by Crippen LogP contribution is 2.35. The van der Waals surface area contributed by atoms with Crippen LogP contribution < -0.4 is 0 Å². The smallest absolute Gasteiger partial charge is 0.416 e. The summed E-state index contributed by atoms with van der Waals surface area (Å²) in [7, 11) is 0. The molecule has 0 aliphatic carbocycles. The van der Waals surface area contributed by atoms with Crippen LogP contribution in [0.4, 0.5) is 13.2 Å². The molecular weight excluding hydrogens is 409 g/mol. The Labute approximate surface area is 174 Å². The Kier molecular flexibility index (Phi) is 4.53. The summed E-state index contributed by atoms with van der Waals surface area (Å²) in [5, 5.41) is 8.43. The van der Waals surface area contributed by atoms with Crippen molar-refractivity contribution in [1.29, 1.82) is 0 Å². The van der Waals surface area contributed by atoms with Gasteiger partial charge < -0.3 is 9.32 Å². The number of halogens is 3. The molecule has 158 valence electrons. The van der Waals surface area contributed by atoms with Gasteiger partial charge in [0.15, 0.2) is 17.2 Å². The van der Waals surface area contributed by atoms with Crippen LogP contribution in [-0.2, 0) is 6.18 Å². The van der Waals surface area contributed by atoms with Gasteiger partial charge in [-0.15, -0.1) is 10.2 Å². The summed E-state index contributed by atoms with van der Waals surface area (Å²) in [6, 6.07) is 13.2. The second-order valence-electron chi connectivity index (χ2n) is 7.39. The van der Waals surface area contributed by atoms with Gasteiger partial charge in [0.2, 0.25) is 0 Å². The molecule has 1 fully saturated rings. The van der Waals surface area contributed by atoms with Gasteiger partial charge >= 0.3 is 6.18 Å². The van der Waals surface area contributed by atoms with Gasteiger partial charge in [0.1, 0.15) is 5.76 Å². The molecule has 0 spiro atoms. The first kappa shape index (κ1) is 19.3. The summed E-state index contributed by atoms with van der Waals surface area (Å²) in [5.74, 6) is 0.630. The second-order valence-corrected chi connectivity index (χ2v) is 7.39. The maximum Gasteiger partial charge on any atom is 0.416 e. The molecule has 5 rings (SSSR count). The maximum absolute atomic E-state index is 13.2. The van der Waals surface area contributed by atoms with Gasteiger partial charge in [-0.2, -0.15) is 13.2 Å². The zero-order chi connectivity index (χ0) is 21.6. The van der Waals surface area contributed by atoms with E-state index in [-0.39, 0.29) is 29.0 Å². The van der Waals surface area contributed by atoms with E-state index in [0.29, 0.717) is 18.0 Å². The molecule has 0 radical (unpaired) electrons. The van der Waals surface area contributed by atoms with Crippen LogP contribution in [0.3, 0.4) is 0 Å². The van der Waals surface area contributed by atoms with Gasteiger partial charge in [-0.3, -0.25) is 9.20 Å². The number of amides is 1. The number of hydrogen-bond acceptors (Lipinski definition) is 4. The molecule has 0 unspecified atom stereocenters. The van der Waals surface area contributed by atoms with Gasteiger partial charge in [0, 0.05) is 18.3 Å². The number of furan rings is 1. The molecular formula is C22H17F3N4O2. The van der Waals surface area contributed by atoms with Crippen molar-refractivity contribution in [3.05, 3.63) is 77.9 Å². The fraction of sp³-hybridized carbons (Fsp3) is 0.227. The molecule has 31 heavy (non-hydrogen) atoms. The molecule has 1 aliphatic rings. The van der Waals surface area contributed by atoms with Gasteiger partial charge in [-0.25, -0.2) is 0 Å². The quantitative estimate of drug-likeness (QED) is 0.463. The van der Waals surface area contributed by atoms with Crippen LogP contribution in [0.15, 0.2) is 65.2 Å². The number of aromatic nitrogens is 3. The highest BCUT2D eigenvalue weighted by atomic mass is 19.4. The molecule has 1 aromatic carbocycles. The van der Waals surface area contributed by atoms with E-state index in [9.17, 15) is 18.0 Å². The molecule has 6 nitrogen and oxygen atoms in total. The molecule has 9 heteroatoms. The van der Waals surface area contributed by atoms with Gasteiger partial charge in [0.25, 0.3) is 5.91 Å². The molecule has 4 aromatic rings. The minimum atomic E-state index is -4.45. The van der Waals surface area contributed by atoms with Crippen molar-refractivity contribution >= 4 is 11.6 Å². The second kappa shape index (κ2) is 7.26. The summed E-state index contributed by atoms with van der Waals surface area (Å²) in [6.07, 6.45) is -1.06. The number of pyridine rings is 1. The van der Waals surface area contributed by atoms with Crippen LogP contribution in [0.1, 0.15) is 40.8 Å². The van der Waals surface area contributed by atoms with Crippen molar-refractivity contribution in [2.45, 2.75) is 25.1 Å². The lowest BCUT2D eigenvalue weighted by Gasteiger charge is -2.22. The van der Waals surface area contributed by atoms with Crippen LogP contribution in [-0.4, -0.2) is 31.9 Å². The Morgan fingerprint density at radius 1 is 1.06 bits per heavy atom. The first-order valence-corrected chi connectivity index (χ1v) is 9.80. The van der Waals surface area contributed by atoms with E-state index in [2.05, 4.69) is 10.2 Å². The van der Waals surface area contributed by atoms with E-state index in [1.54, 1.807) is 4.90 Å². The molecule has 1 saturated heterocycles. The average Bonchev–Trinajstić information content (AvgIpc) is 3.51. The Hall–Kier alpha value is -3.62. The van der Waals surface area contributed by atoms with Crippen LogP contribution in [0.2, 0.25) is 0 Å². The third-order valence-electron chi connectivity index (χ3n) is 5.44. The predicted molar refractivity (Wildman–Crippen MR) is 105 cm³/mol. The molecule has 3 aromatic heterocycles. The Bertz CT molecular complexity index is 1260. The van der Waals surface area contributed by atoms with Crippen molar-refractivity contribution < 1.29 is 22.4 Å². The summed E-state index contributed by atoms with van der Waals surface area (Å²) in [6.45, 7) is 0.533. The van der Waals surface area contributed by atoms with Crippen LogP contribution in [0.25, 0.3) is 17.0 Å². The standard InChI is InChI=1S/C22H17F3N4O2/c23-22(24,25)15-6-3-5-14(13-15)17-9-10-18(31-17)21(30)28-12-4-7-16(28)20-27-26-19-8-1-2-11-29(19)20/h1-3,5-6,8-11,13,16H,4,7,12H2/t16-/m1/s1. The minimum absolute atomic E-state index is 0.0770. The summed E-state index contributed by atoms with van der Waals surface area (Å²) >= 11 is 0. The number of hydrogen-bond donors (Lipinski definition) is 0. The number of carbonyl (C=O) groups is 1. The number of likely N-dealkylation sites (tertiary alicyclic amines) is 1. The lowest BCUT2D eigenvalue weighted by Crippen LogP contribution is -2.31. The average molecular weight is 426 g/mol. The first-order valence-electron chi connectivity index (χ1n) is 9.80. The Morgan fingerprint density at radius 3 is 2.77 bits per heavy atom. The predicted octanol–water partition coefficient (Wildman–Crippen LogP) is 4.99. The minimum Gasteiger partial charge on any atom is -0.451 e. The van der Waals surface area contributed by atoms with E-state index in [4.69, 9.17) is 4.42 Å². The first-order chi connectivity index (χ1) is 14.9. The fourth-order valence-electron chi connectivity index (χ4n) is 3.96. The van der Waals surface area contributed by atoms with Crippen LogP contribution >= 0.6 is 0 Å².